The first-order chi connectivity index (χ1) is 9.72. The summed E-state index contributed by atoms with van der Waals surface area (Å²) in [5, 5.41) is 0. The Hall–Kier alpha value is -2.27. The van der Waals surface area contributed by atoms with Gasteiger partial charge in [0.05, 0.1) is 7.11 Å². The summed E-state index contributed by atoms with van der Waals surface area (Å²) >= 11 is 0. The topological polar surface area (TPSA) is 78.1 Å². The van der Waals surface area contributed by atoms with E-state index < -0.39 is 12.0 Å². The molecule has 2 aromatic rings. The molecule has 2 atom stereocenters. The summed E-state index contributed by atoms with van der Waals surface area (Å²) in [5.74, 6) is -0.478. The van der Waals surface area contributed by atoms with Crippen LogP contribution in [-0.2, 0) is 9.53 Å². The van der Waals surface area contributed by atoms with E-state index in [9.17, 15) is 4.79 Å². The summed E-state index contributed by atoms with van der Waals surface area (Å²) in [7, 11) is 1.34. The Labute approximate surface area is 117 Å². The molecule has 0 bridgehead atoms. The minimum absolute atomic E-state index is 0.0618. The van der Waals surface area contributed by atoms with Crippen molar-refractivity contribution in [1.82, 2.24) is 9.97 Å². The highest BCUT2D eigenvalue weighted by molar-refractivity contribution is 5.75. The monoisotopic (exact) mass is 271 g/mol. The molecule has 2 heterocycles. The highest BCUT2D eigenvalue weighted by Crippen LogP contribution is 2.27. The predicted molar refractivity (Wildman–Crippen MR) is 74.9 cm³/mol. The summed E-state index contributed by atoms with van der Waals surface area (Å²) in [6, 6.07) is 8.83. The van der Waals surface area contributed by atoms with Gasteiger partial charge >= 0.3 is 5.97 Å². The lowest BCUT2D eigenvalue weighted by Gasteiger charge is -2.19. The van der Waals surface area contributed by atoms with Crippen molar-refractivity contribution >= 4 is 5.97 Å². The molecule has 0 radical (unpaired) electrons. The predicted octanol–water partition coefficient (Wildman–Crippen LogP) is 1.50. The minimum Gasteiger partial charge on any atom is -0.468 e. The van der Waals surface area contributed by atoms with Gasteiger partial charge in [0.25, 0.3) is 0 Å². The number of ether oxygens (including phenoxy) is 1. The van der Waals surface area contributed by atoms with Crippen LogP contribution in [0.1, 0.15) is 23.6 Å². The molecule has 0 amide bonds. The summed E-state index contributed by atoms with van der Waals surface area (Å²) in [5.41, 5.74) is 7.78. The largest absolute Gasteiger partial charge is 0.468 e. The molecule has 2 unspecified atom stereocenters. The van der Waals surface area contributed by atoms with Crippen molar-refractivity contribution in [3.63, 3.8) is 0 Å². The number of hydrogen-bond acceptors (Lipinski definition) is 5. The number of carbonyl (C=O) groups excluding carboxylic acids is 1. The van der Waals surface area contributed by atoms with Gasteiger partial charge in [0.1, 0.15) is 6.04 Å². The van der Waals surface area contributed by atoms with Gasteiger partial charge in [0.2, 0.25) is 0 Å². The molecular formula is C15H17N3O2. The number of pyridine rings is 2. The van der Waals surface area contributed by atoms with Crippen LogP contribution >= 0.6 is 0 Å². The lowest BCUT2D eigenvalue weighted by atomic mass is 9.89. The highest BCUT2D eigenvalue weighted by atomic mass is 16.5. The quantitative estimate of drug-likeness (QED) is 0.834. The molecule has 2 rings (SSSR count). The van der Waals surface area contributed by atoms with Gasteiger partial charge in [0.15, 0.2) is 0 Å². The fourth-order valence-corrected chi connectivity index (χ4v) is 2.11. The molecule has 0 saturated heterocycles. The van der Waals surface area contributed by atoms with Crippen molar-refractivity contribution in [3.8, 4) is 0 Å². The summed E-state index contributed by atoms with van der Waals surface area (Å²) in [6.45, 7) is 0. The number of nitrogens with zero attached hydrogens (tertiary/aromatic N) is 2. The molecule has 0 fully saturated rings. The van der Waals surface area contributed by atoms with Crippen LogP contribution in [-0.4, -0.2) is 29.1 Å². The Morgan fingerprint density at radius 3 is 2.60 bits per heavy atom. The van der Waals surface area contributed by atoms with Crippen LogP contribution in [0.25, 0.3) is 0 Å². The first-order valence-corrected chi connectivity index (χ1v) is 6.36. The van der Waals surface area contributed by atoms with E-state index in [0.717, 1.165) is 11.3 Å². The third kappa shape index (κ3) is 3.39. The van der Waals surface area contributed by atoms with Crippen molar-refractivity contribution in [2.24, 2.45) is 5.73 Å². The molecule has 104 valence electrons. The average Bonchev–Trinajstić information content (AvgIpc) is 2.53. The zero-order chi connectivity index (χ0) is 14.4. The van der Waals surface area contributed by atoms with Crippen molar-refractivity contribution in [3.05, 3.63) is 60.2 Å². The van der Waals surface area contributed by atoms with Gasteiger partial charge in [-0.2, -0.15) is 0 Å². The Morgan fingerprint density at radius 2 is 2.00 bits per heavy atom. The zero-order valence-electron chi connectivity index (χ0n) is 11.3. The lowest BCUT2D eigenvalue weighted by Crippen LogP contribution is -2.33. The molecule has 2 N–H and O–H groups in total. The third-order valence-corrected chi connectivity index (χ3v) is 3.15. The molecule has 0 aliphatic carbocycles. The van der Waals surface area contributed by atoms with Crippen LogP contribution in [0.3, 0.4) is 0 Å². The third-order valence-electron chi connectivity index (χ3n) is 3.15. The normalized spacial score (nSPS) is 13.5. The Balaban J connectivity index is 2.28. The number of aromatic nitrogens is 2. The Bertz CT molecular complexity index is 506. The van der Waals surface area contributed by atoms with Gasteiger partial charge in [-0.15, -0.1) is 0 Å². The van der Waals surface area contributed by atoms with Gasteiger partial charge in [-0.05, 0) is 36.2 Å². The minimum atomic E-state index is -0.680. The van der Waals surface area contributed by atoms with E-state index in [1.54, 1.807) is 18.6 Å². The van der Waals surface area contributed by atoms with E-state index in [2.05, 4.69) is 14.7 Å². The van der Waals surface area contributed by atoms with Crippen LogP contribution in [0.5, 0.6) is 0 Å². The van der Waals surface area contributed by atoms with E-state index >= 15 is 0 Å². The van der Waals surface area contributed by atoms with Crippen LogP contribution < -0.4 is 5.73 Å². The lowest BCUT2D eigenvalue weighted by molar-refractivity contribution is -0.142. The molecule has 0 aromatic carbocycles. The highest BCUT2D eigenvalue weighted by Gasteiger charge is 2.23. The second kappa shape index (κ2) is 6.77. The summed E-state index contributed by atoms with van der Waals surface area (Å²) < 4.78 is 4.69. The van der Waals surface area contributed by atoms with E-state index in [4.69, 9.17) is 5.73 Å². The molecule has 20 heavy (non-hydrogen) atoms. The average molecular weight is 271 g/mol. The van der Waals surface area contributed by atoms with Gasteiger partial charge in [-0.25, -0.2) is 0 Å². The van der Waals surface area contributed by atoms with E-state index in [-0.39, 0.29) is 5.92 Å². The maximum Gasteiger partial charge on any atom is 0.322 e. The number of esters is 1. The van der Waals surface area contributed by atoms with Crippen LogP contribution in [0.2, 0.25) is 0 Å². The number of nitrogens with two attached hydrogens (primary N) is 1. The zero-order valence-corrected chi connectivity index (χ0v) is 11.3. The molecule has 0 aliphatic heterocycles. The Morgan fingerprint density at radius 1 is 1.25 bits per heavy atom. The van der Waals surface area contributed by atoms with Crippen molar-refractivity contribution in [1.29, 1.82) is 0 Å². The Kier molecular flexibility index (Phi) is 4.79. The van der Waals surface area contributed by atoms with E-state index in [1.165, 1.54) is 7.11 Å². The molecule has 0 saturated carbocycles. The molecular weight excluding hydrogens is 254 g/mol. The number of carbonyl (C=O) groups is 1. The van der Waals surface area contributed by atoms with Gasteiger partial charge in [-0.1, -0.05) is 6.07 Å². The summed E-state index contributed by atoms with van der Waals surface area (Å²) in [4.78, 5) is 19.9. The number of methoxy groups -OCH3 is 1. The maximum atomic E-state index is 11.5. The van der Waals surface area contributed by atoms with E-state index in [0.29, 0.717) is 6.42 Å². The van der Waals surface area contributed by atoms with E-state index in [1.807, 2.05) is 30.3 Å². The SMILES string of the molecule is COC(=O)C(N)CC(c1ccncc1)c1ccccn1. The second-order valence-electron chi connectivity index (χ2n) is 4.45. The molecule has 5 heteroatoms. The van der Waals surface area contributed by atoms with Crippen LogP contribution in [0.15, 0.2) is 48.9 Å². The van der Waals surface area contributed by atoms with Crippen LogP contribution in [0.4, 0.5) is 0 Å². The van der Waals surface area contributed by atoms with Gasteiger partial charge in [0, 0.05) is 30.2 Å². The van der Waals surface area contributed by atoms with Gasteiger partial charge in [-0.3, -0.25) is 14.8 Å². The fourth-order valence-electron chi connectivity index (χ4n) is 2.11. The molecule has 5 nitrogen and oxygen atoms in total. The summed E-state index contributed by atoms with van der Waals surface area (Å²) in [6.07, 6.45) is 5.60. The molecule has 2 aromatic heterocycles. The van der Waals surface area contributed by atoms with Crippen molar-refractivity contribution in [2.75, 3.05) is 7.11 Å². The van der Waals surface area contributed by atoms with Crippen molar-refractivity contribution in [2.45, 2.75) is 18.4 Å². The van der Waals surface area contributed by atoms with Crippen LogP contribution in [0, 0.1) is 0 Å². The van der Waals surface area contributed by atoms with Crippen molar-refractivity contribution < 1.29 is 9.53 Å². The number of hydrogen-bond donors (Lipinski definition) is 1. The first kappa shape index (κ1) is 14.1. The fraction of sp³-hybridized carbons (Fsp3) is 0.267. The second-order valence-corrected chi connectivity index (χ2v) is 4.45. The standard InChI is InChI=1S/C15H17N3O2/c1-20-15(19)13(16)10-12(11-5-8-17-9-6-11)14-4-2-3-7-18-14/h2-9,12-13H,10,16H2,1H3. The number of rotatable bonds is 5. The maximum absolute atomic E-state index is 11.5. The molecule has 0 spiro atoms. The molecule has 0 aliphatic rings. The van der Waals surface area contributed by atoms with Gasteiger partial charge < -0.3 is 10.5 Å². The smallest absolute Gasteiger partial charge is 0.322 e. The first-order valence-electron chi connectivity index (χ1n) is 6.36.